The molecule has 0 amide bonds. The van der Waals surface area contributed by atoms with Crippen LogP contribution < -0.4 is 0 Å². The molecular weight excluding hydrogens is 327 g/mol. The summed E-state index contributed by atoms with van der Waals surface area (Å²) in [4.78, 5) is 14.2. The van der Waals surface area contributed by atoms with Crippen LogP contribution in [0.25, 0.3) is 10.8 Å². The van der Waals surface area contributed by atoms with Crippen LogP contribution in [0.2, 0.25) is 5.15 Å². The van der Waals surface area contributed by atoms with Crippen LogP contribution in [0.3, 0.4) is 0 Å². The van der Waals surface area contributed by atoms with Gasteiger partial charge in [-0.25, -0.2) is 4.98 Å². The fraction of sp³-hybridized carbons (Fsp3) is 0.167. The van der Waals surface area contributed by atoms with Gasteiger partial charge in [-0.1, -0.05) is 33.6 Å². The van der Waals surface area contributed by atoms with E-state index in [2.05, 4.69) is 20.9 Å². The molecule has 0 saturated carbocycles. The van der Waals surface area contributed by atoms with Gasteiger partial charge < -0.3 is 0 Å². The lowest BCUT2D eigenvalue weighted by Crippen LogP contribution is -2.21. The van der Waals surface area contributed by atoms with Crippen molar-refractivity contribution in [2.45, 2.75) is 12.3 Å². The summed E-state index contributed by atoms with van der Waals surface area (Å²) in [6.07, 6.45) is 0.509. The summed E-state index contributed by atoms with van der Waals surface area (Å²) >= 11 is 9.08. The molecule has 6 heteroatoms. The maximum atomic E-state index is 13.1. The predicted octanol–water partition coefficient (Wildman–Crippen LogP) is 4.03. The number of carbonyl (C=O) groups excluding carboxylic acids is 1. The zero-order chi connectivity index (χ0) is 13.3. The van der Waals surface area contributed by atoms with Crippen molar-refractivity contribution in [3.8, 4) is 0 Å². The Kier molecular flexibility index (Phi) is 3.64. The highest BCUT2D eigenvalue weighted by Crippen LogP contribution is 2.30. The first-order chi connectivity index (χ1) is 8.43. The molecule has 2 nitrogen and oxygen atoms in total. The monoisotopic (exact) mass is 333 g/mol. The molecule has 0 atom stereocenters. The van der Waals surface area contributed by atoms with Crippen LogP contribution in [-0.4, -0.2) is 17.2 Å². The highest BCUT2D eigenvalue weighted by molar-refractivity contribution is 9.10. The van der Waals surface area contributed by atoms with E-state index in [-0.39, 0.29) is 11.4 Å². The molecule has 0 N–H and O–H groups in total. The number of hydrogen-bond donors (Lipinski definition) is 0. The van der Waals surface area contributed by atoms with Crippen LogP contribution in [0.15, 0.2) is 28.9 Å². The fourth-order valence-corrected chi connectivity index (χ4v) is 2.29. The zero-order valence-electron chi connectivity index (χ0n) is 8.96. The molecule has 18 heavy (non-hydrogen) atoms. The first kappa shape index (κ1) is 13.4. The van der Waals surface area contributed by atoms with Gasteiger partial charge in [-0.3, -0.25) is 4.79 Å². The maximum Gasteiger partial charge on any atom is 0.306 e. The van der Waals surface area contributed by atoms with Crippen molar-refractivity contribution in [2.75, 3.05) is 0 Å². The minimum Gasteiger partial charge on any atom is -0.297 e. The standard InChI is InChI=1S/C12H7BrClF2NO/c13-10-2-1-7(4-12(15,16)6-18)8-3-11(14)17-5-9(8)10/h1-3,5-6H,4H2. The zero-order valence-corrected chi connectivity index (χ0v) is 11.3. The number of aldehydes is 1. The molecule has 0 spiro atoms. The number of benzene rings is 1. The van der Waals surface area contributed by atoms with Crippen LogP contribution in [0.1, 0.15) is 5.56 Å². The Morgan fingerprint density at radius 1 is 1.39 bits per heavy atom. The largest absolute Gasteiger partial charge is 0.306 e. The molecule has 2 rings (SSSR count). The maximum absolute atomic E-state index is 13.1. The van der Waals surface area contributed by atoms with Gasteiger partial charge in [0.25, 0.3) is 0 Å². The van der Waals surface area contributed by atoms with Crippen molar-refractivity contribution in [2.24, 2.45) is 0 Å². The molecule has 0 fully saturated rings. The first-order valence-electron chi connectivity index (χ1n) is 5.00. The van der Waals surface area contributed by atoms with E-state index in [1.807, 2.05) is 0 Å². The van der Waals surface area contributed by atoms with E-state index >= 15 is 0 Å². The van der Waals surface area contributed by atoms with Gasteiger partial charge in [0.1, 0.15) is 5.15 Å². The summed E-state index contributed by atoms with van der Waals surface area (Å²) in [6, 6.07) is 4.70. The van der Waals surface area contributed by atoms with Crippen LogP contribution in [-0.2, 0) is 11.2 Å². The number of fused-ring (bicyclic) bond motifs is 1. The van der Waals surface area contributed by atoms with Gasteiger partial charge in [0.05, 0.1) is 0 Å². The quantitative estimate of drug-likeness (QED) is 0.626. The number of alkyl halides is 2. The van der Waals surface area contributed by atoms with E-state index in [1.165, 1.54) is 12.3 Å². The second kappa shape index (κ2) is 4.90. The van der Waals surface area contributed by atoms with Crippen LogP contribution >= 0.6 is 27.5 Å². The molecule has 0 radical (unpaired) electrons. The lowest BCUT2D eigenvalue weighted by atomic mass is 10.0. The lowest BCUT2D eigenvalue weighted by molar-refractivity contribution is -0.128. The number of nitrogens with zero attached hydrogens (tertiary/aromatic N) is 1. The lowest BCUT2D eigenvalue weighted by Gasteiger charge is -2.12. The number of carbonyl (C=O) groups is 1. The van der Waals surface area contributed by atoms with Gasteiger partial charge in [-0.2, -0.15) is 8.78 Å². The van der Waals surface area contributed by atoms with E-state index < -0.39 is 12.3 Å². The molecule has 1 aromatic carbocycles. The van der Waals surface area contributed by atoms with Gasteiger partial charge in [-0.05, 0) is 23.1 Å². The molecule has 2 aromatic rings. The van der Waals surface area contributed by atoms with Gasteiger partial charge in [-0.15, -0.1) is 0 Å². The summed E-state index contributed by atoms with van der Waals surface area (Å²) in [5.41, 5.74) is 0.356. The predicted molar refractivity (Wildman–Crippen MR) is 69.2 cm³/mol. The van der Waals surface area contributed by atoms with Gasteiger partial charge in [0.15, 0.2) is 6.29 Å². The molecule has 0 unspecified atom stereocenters. The smallest absolute Gasteiger partial charge is 0.297 e. The van der Waals surface area contributed by atoms with E-state index in [4.69, 9.17) is 11.6 Å². The number of pyridine rings is 1. The van der Waals surface area contributed by atoms with E-state index in [0.717, 1.165) is 4.47 Å². The SMILES string of the molecule is O=CC(F)(F)Cc1ccc(Br)c2cnc(Cl)cc12. The minimum absolute atomic E-state index is 0.219. The number of hydrogen-bond acceptors (Lipinski definition) is 2. The normalized spacial score (nSPS) is 11.8. The van der Waals surface area contributed by atoms with Crippen molar-refractivity contribution < 1.29 is 13.6 Å². The van der Waals surface area contributed by atoms with E-state index in [9.17, 15) is 13.6 Å². The minimum atomic E-state index is -3.38. The highest BCUT2D eigenvalue weighted by atomic mass is 79.9. The summed E-state index contributed by atoms with van der Waals surface area (Å²) in [7, 11) is 0. The molecule has 0 aliphatic carbocycles. The Morgan fingerprint density at radius 2 is 2.11 bits per heavy atom. The van der Waals surface area contributed by atoms with E-state index in [0.29, 0.717) is 16.3 Å². The Balaban J connectivity index is 2.61. The average molecular weight is 335 g/mol. The fourth-order valence-electron chi connectivity index (χ4n) is 1.69. The molecule has 1 heterocycles. The van der Waals surface area contributed by atoms with Crippen molar-refractivity contribution in [3.63, 3.8) is 0 Å². The average Bonchev–Trinajstić information content (AvgIpc) is 2.33. The Hall–Kier alpha value is -1.07. The second-order valence-corrected chi connectivity index (χ2v) is 5.06. The molecule has 0 aliphatic rings. The van der Waals surface area contributed by atoms with Crippen LogP contribution in [0.5, 0.6) is 0 Å². The summed E-state index contributed by atoms with van der Waals surface area (Å²) in [5.74, 6) is -3.38. The molecule has 0 saturated heterocycles. The first-order valence-corrected chi connectivity index (χ1v) is 6.17. The number of halogens is 4. The number of rotatable bonds is 3. The number of aromatic nitrogens is 1. The van der Waals surface area contributed by atoms with Crippen molar-refractivity contribution in [1.29, 1.82) is 0 Å². The summed E-state index contributed by atoms with van der Waals surface area (Å²) in [5, 5.41) is 1.46. The summed E-state index contributed by atoms with van der Waals surface area (Å²) < 4.78 is 27.0. The summed E-state index contributed by atoms with van der Waals surface area (Å²) in [6.45, 7) is 0. The van der Waals surface area contributed by atoms with Gasteiger partial charge >= 0.3 is 5.92 Å². The molecule has 0 aliphatic heterocycles. The van der Waals surface area contributed by atoms with Gasteiger partial charge in [0, 0.05) is 22.5 Å². The Bertz CT molecular complexity index is 618. The van der Waals surface area contributed by atoms with Crippen molar-refractivity contribution in [3.05, 3.63) is 39.6 Å². The Labute approximate surface area is 115 Å². The third-order valence-electron chi connectivity index (χ3n) is 2.50. The molecule has 1 aromatic heterocycles. The molecular formula is C12H7BrClF2NO. The van der Waals surface area contributed by atoms with E-state index in [1.54, 1.807) is 12.1 Å². The third kappa shape index (κ3) is 2.67. The van der Waals surface area contributed by atoms with Crippen LogP contribution in [0, 0.1) is 0 Å². The topological polar surface area (TPSA) is 30.0 Å². The molecule has 0 bridgehead atoms. The van der Waals surface area contributed by atoms with Gasteiger partial charge in [0.2, 0.25) is 0 Å². The van der Waals surface area contributed by atoms with Crippen molar-refractivity contribution >= 4 is 44.6 Å². The third-order valence-corrected chi connectivity index (χ3v) is 3.40. The Morgan fingerprint density at radius 3 is 2.78 bits per heavy atom. The second-order valence-electron chi connectivity index (χ2n) is 3.81. The highest BCUT2D eigenvalue weighted by Gasteiger charge is 2.29. The molecule has 94 valence electrons. The van der Waals surface area contributed by atoms with Crippen LogP contribution in [0.4, 0.5) is 8.78 Å². The van der Waals surface area contributed by atoms with Crippen molar-refractivity contribution in [1.82, 2.24) is 4.98 Å².